The van der Waals surface area contributed by atoms with Crippen LogP contribution in [0.2, 0.25) is 0 Å². The zero-order chi connectivity index (χ0) is 10.4. The first-order valence-electron chi connectivity index (χ1n) is 4.47. The second-order valence-electron chi connectivity index (χ2n) is 3.21. The molecular weight excluding hydrogens is 178 g/mol. The van der Waals surface area contributed by atoms with Gasteiger partial charge in [0.25, 0.3) is 0 Å². The van der Waals surface area contributed by atoms with E-state index in [4.69, 9.17) is 10.4 Å². The van der Waals surface area contributed by atoms with Gasteiger partial charge in [0.1, 0.15) is 11.9 Å². The van der Waals surface area contributed by atoms with Crippen molar-refractivity contribution in [3.05, 3.63) is 23.9 Å². The van der Waals surface area contributed by atoms with Crippen molar-refractivity contribution in [2.45, 2.75) is 6.92 Å². The molecular formula is C10H13N3O. The molecule has 1 rings (SSSR count). The molecule has 74 valence electrons. The van der Waals surface area contributed by atoms with Gasteiger partial charge < -0.3 is 10.4 Å². The van der Waals surface area contributed by atoms with Crippen LogP contribution < -0.4 is 5.32 Å². The Bertz CT molecular complexity index is 315. The summed E-state index contributed by atoms with van der Waals surface area (Å²) in [5.41, 5.74) is 0.547. The zero-order valence-electron chi connectivity index (χ0n) is 8.07. The summed E-state index contributed by atoms with van der Waals surface area (Å²) in [7, 11) is 0. The lowest BCUT2D eigenvalue weighted by Crippen LogP contribution is -2.15. The summed E-state index contributed by atoms with van der Waals surface area (Å²) in [5.74, 6) is 0.928. The lowest BCUT2D eigenvalue weighted by molar-refractivity contribution is 0.244. The summed E-state index contributed by atoms with van der Waals surface area (Å²) in [5, 5.41) is 20.4. The van der Waals surface area contributed by atoms with E-state index in [2.05, 4.69) is 10.3 Å². The first-order chi connectivity index (χ1) is 6.76. The van der Waals surface area contributed by atoms with Crippen LogP contribution in [0, 0.1) is 17.2 Å². The van der Waals surface area contributed by atoms with Crippen LogP contribution in [-0.4, -0.2) is 23.2 Å². The van der Waals surface area contributed by atoms with Gasteiger partial charge >= 0.3 is 0 Å². The zero-order valence-corrected chi connectivity index (χ0v) is 8.07. The minimum Gasteiger partial charge on any atom is -0.396 e. The third-order valence-corrected chi connectivity index (χ3v) is 1.84. The highest BCUT2D eigenvalue weighted by Gasteiger charge is 1.99. The van der Waals surface area contributed by atoms with E-state index in [1.54, 1.807) is 12.1 Å². The molecule has 0 saturated carbocycles. The standard InChI is InChI=1S/C10H13N3O/c1-8(7-14)5-12-10-3-2-9(4-11)6-13-10/h2-3,6,8,14H,5,7H2,1H3,(H,12,13). The number of hydrogen-bond acceptors (Lipinski definition) is 4. The molecule has 1 aromatic rings. The number of rotatable bonds is 4. The smallest absolute Gasteiger partial charge is 0.125 e. The third kappa shape index (κ3) is 3.04. The minimum absolute atomic E-state index is 0.156. The van der Waals surface area contributed by atoms with Crippen molar-refractivity contribution in [3.63, 3.8) is 0 Å². The molecule has 1 atom stereocenters. The van der Waals surface area contributed by atoms with E-state index in [0.717, 1.165) is 5.82 Å². The number of nitriles is 1. The Morgan fingerprint density at radius 2 is 2.43 bits per heavy atom. The number of pyridine rings is 1. The Morgan fingerprint density at radius 1 is 1.64 bits per heavy atom. The number of hydrogen-bond donors (Lipinski definition) is 2. The average molecular weight is 191 g/mol. The Kier molecular flexibility index (Phi) is 3.89. The van der Waals surface area contributed by atoms with E-state index in [9.17, 15) is 0 Å². The molecule has 1 heterocycles. The minimum atomic E-state index is 0.156. The molecule has 2 N–H and O–H groups in total. The van der Waals surface area contributed by atoms with Crippen molar-refractivity contribution in [1.29, 1.82) is 5.26 Å². The lowest BCUT2D eigenvalue weighted by Gasteiger charge is -2.09. The highest BCUT2D eigenvalue weighted by atomic mass is 16.3. The molecule has 0 aromatic carbocycles. The van der Waals surface area contributed by atoms with Crippen LogP contribution in [0.4, 0.5) is 5.82 Å². The molecule has 0 radical (unpaired) electrons. The van der Waals surface area contributed by atoms with Crippen LogP contribution in [0.5, 0.6) is 0 Å². The molecule has 1 aromatic heterocycles. The number of nitrogens with one attached hydrogen (secondary N) is 1. The maximum absolute atomic E-state index is 8.79. The predicted octanol–water partition coefficient (Wildman–Crippen LogP) is 0.994. The summed E-state index contributed by atoms with van der Waals surface area (Å²) in [4.78, 5) is 4.04. The number of aliphatic hydroxyl groups excluding tert-OH is 1. The summed E-state index contributed by atoms with van der Waals surface area (Å²) in [6, 6.07) is 5.46. The van der Waals surface area contributed by atoms with Crippen molar-refractivity contribution < 1.29 is 5.11 Å². The van der Waals surface area contributed by atoms with Crippen LogP contribution in [0.1, 0.15) is 12.5 Å². The largest absolute Gasteiger partial charge is 0.396 e. The van der Waals surface area contributed by atoms with Gasteiger partial charge in [-0.15, -0.1) is 0 Å². The van der Waals surface area contributed by atoms with Crippen molar-refractivity contribution >= 4 is 5.82 Å². The molecule has 0 aliphatic carbocycles. The van der Waals surface area contributed by atoms with Crippen LogP contribution in [0.25, 0.3) is 0 Å². The van der Waals surface area contributed by atoms with Gasteiger partial charge in [0.05, 0.1) is 5.56 Å². The van der Waals surface area contributed by atoms with Gasteiger partial charge in [-0.3, -0.25) is 0 Å². The summed E-state index contributed by atoms with van der Waals surface area (Å²) in [6.07, 6.45) is 1.52. The SMILES string of the molecule is CC(CO)CNc1ccc(C#N)cn1. The second kappa shape index (κ2) is 5.20. The van der Waals surface area contributed by atoms with Crippen LogP contribution in [0.15, 0.2) is 18.3 Å². The second-order valence-corrected chi connectivity index (χ2v) is 3.21. The fourth-order valence-electron chi connectivity index (χ4n) is 0.908. The first kappa shape index (κ1) is 10.5. The number of aromatic nitrogens is 1. The van der Waals surface area contributed by atoms with Crippen molar-refractivity contribution in [1.82, 2.24) is 4.98 Å². The Labute approximate surface area is 83.2 Å². The number of nitrogens with zero attached hydrogens (tertiary/aromatic N) is 2. The van der Waals surface area contributed by atoms with E-state index in [0.29, 0.717) is 12.1 Å². The lowest BCUT2D eigenvalue weighted by atomic mass is 10.2. The molecule has 0 saturated heterocycles. The van der Waals surface area contributed by atoms with E-state index < -0.39 is 0 Å². The van der Waals surface area contributed by atoms with Crippen LogP contribution in [-0.2, 0) is 0 Å². The predicted molar refractivity (Wildman–Crippen MR) is 53.7 cm³/mol. The van der Waals surface area contributed by atoms with Crippen LogP contribution >= 0.6 is 0 Å². The van der Waals surface area contributed by atoms with Gasteiger partial charge in [-0.2, -0.15) is 5.26 Å². The molecule has 1 unspecified atom stereocenters. The van der Waals surface area contributed by atoms with Crippen molar-refractivity contribution in [3.8, 4) is 6.07 Å². The molecule has 4 nitrogen and oxygen atoms in total. The molecule has 4 heteroatoms. The molecule has 0 bridgehead atoms. The maximum Gasteiger partial charge on any atom is 0.125 e. The topological polar surface area (TPSA) is 68.9 Å². The third-order valence-electron chi connectivity index (χ3n) is 1.84. The highest BCUT2D eigenvalue weighted by molar-refractivity contribution is 5.38. The molecule has 0 fully saturated rings. The van der Waals surface area contributed by atoms with Gasteiger partial charge in [0.15, 0.2) is 0 Å². The van der Waals surface area contributed by atoms with E-state index in [-0.39, 0.29) is 12.5 Å². The monoisotopic (exact) mass is 191 g/mol. The summed E-state index contributed by atoms with van der Waals surface area (Å²) >= 11 is 0. The quantitative estimate of drug-likeness (QED) is 0.744. The molecule has 0 aliphatic rings. The fourth-order valence-corrected chi connectivity index (χ4v) is 0.908. The van der Waals surface area contributed by atoms with E-state index >= 15 is 0 Å². The first-order valence-corrected chi connectivity index (χ1v) is 4.47. The van der Waals surface area contributed by atoms with Gasteiger partial charge in [-0.1, -0.05) is 6.92 Å². The van der Waals surface area contributed by atoms with E-state index in [1.165, 1.54) is 6.20 Å². The van der Waals surface area contributed by atoms with E-state index in [1.807, 2.05) is 13.0 Å². The highest BCUT2D eigenvalue weighted by Crippen LogP contribution is 2.04. The fraction of sp³-hybridized carbons (Fsp3) is 0.400. The number of aliphatic hydroxyl groups is 1. The van der Waals surface area contributed by atoms with Gasteiger partial charge in [0, 0.05) is 19.3 Å². The average Bonchev–Trinajstić information content (AvgIpc) is 2.26. The molecule has 14 heavy (non-hydrogen) atoms. The van der Waals surface area contributed by atoms with Crippen molar-refractivity contribution in [2.75, 3.05) is 18.5 Å². The van der Waals surface area contributed by atoms with Gasteiger partial charge in [-0.05, 0) is 18.1 Å². The normalized spacial score (nSPS) is 11.8. The number of anilines is 1. The molecule has 0 spiro atoms. The van der Waals surface area contributed by atoms with Gasteiger partial charge in [0.2, 0.25) is 0 Å². The summed E-state index contributed by atoms with van der Waals surface area (Å²) < 4.78 is 0. The maximum atomic E-state index is 8.79. The van der Waals surface area contributed by atoms with Crippen molar-refractivity contribution in [2.24, 2.45) is 5.92 Å². The Hall–Kier alpha value is -1.60. The molecule has 0 amide bonds. The molecule has 0 aliphatic heterocycles. The van der Waals surface area contributed by atoms with Crippen LogP contribution in [0.3, 0.4) is 0 Å². The Morgan fingerprint density at radius 3 is 2.93 bits per heavy atom. The summed E-state index contributed by atoms with van der Waals surface area (Å²) in [6.45, 7) is 2.77. The Balaban J connectivity index is 2.49. The van der Waals surface area contributed by atoms with Gasteiger partial charge in [-0.25, -0.2) is 4.98 Å².